The lowest BCUT2D eigenvalue weighted by molar-refractivity contribution is 0.102. The Morgan fingerprint density at radius 1 is 0.972 bits per heavy atom. The Labute approximate surface area is 214 Å². The molecule has 2 aromatic carbocycles. The van der Waals surface area contributed by atoms with Crippen LogP contribution in [0.15, 0.2) is 51.7 Å². The van der Waals surface area contributed by atoms with Crippen molar-refractivity contribution in [2.75, 3.05) is 43.3 Å². The number of nitrogens with zero attached hydrogens (tertiary/aromatic N) is 4. The van der Waals surface area contributed by atoms with Crippen molar-refractivity contribution in [3.63, 3.8) is 0 Å². The predicted molar refractivity (Wildman–Crippen MR) is 137 cm³/mol. The van der Waals surface area contributed by atoms with Crippen LogP contribution in [0.5, 0.6) is 0 Å². The summed E-state index contributed by atoms with van der Waals surface area (Å²) in [5.41, 5.74) is 1.89. The number of carbonyl (C=O) groups is 1. The molecule has 0 unspecified atom stereocenters. The zero-order valence-corrected chi connectivity index (χ0v) is 22.4. The van der Waals surface area contributed by atoms with Gasteiger partial charge in [0.25, 0.3) is 20.3 Å². The van der Waals surface area contributed by atoms with E-state index in [0.717, 1.165) is 5.56 Å². The molecule has 4 rings (SSSR count). The van der Waals surface area contributed by atoms with E-state index in [0.29, 0.717) is 48.6 Å². The van der Waals surface area contributed by atoms with Gasteiger partial charge in [0.05, 0.1) is 10.6 Å². The Balaban J connectivity index is 1.51. The van der Waals surface area contributed by atoms with Crippen LogP contribution < -0.4 is 10.0 Å². The quantitative estimate of drug-likeness (QED) is 0.426. The van der Waals surface area contributed by atoms with Crippen LogP contribution in [-0.2, 0) is 20.0 Å². The first kappa shape index (κ1) is 26.2. The molecule has 1 aromatic heterocycles. The van der Waals surface area contributed by atoms with Gasteiger partial charge in [-0.1, -0.05) is 35.1 Å². The molecule has 1 fully saturated rings. The third-order valence-corrected chi connectivity index (χ3v) is 10.3. The molecule has 0 radical (unpaired) electrons. The highest BCUT2D eigenvalue weighted by atomic mass is 32.2. The lowest BCUT2D eigenvalue weighted by Gasteiger charge is -2.32. The maximum atomic E-state index is 13.2. The summed E-state index contributed by atoms with van der Waals surface area (Å²) in [6, 6.07) is 11.3. The van der Waals surface area contributed by atoms with Crippen LogP contribution in [0.4, 0.5) is 10.8 Å². The standard InChI is InChI=1S/C22H26N6O5S3/c1-15-5-4-6-17(13-15)20(29)23-21-24-25-22(34-21)35(30,31)26-18-8-7-16(2)19(14-18)36(32,33)28-11-9-27(3)10-12-28/h4-8,13-14,26H,9-12H2,1-3H3,(H,23,24,29). The Bertz CT molecular complexity index is 1500. The summed E-state index contributed by atoms with van der Waals surface area (Å²) in [7, 11) is -6.05. The number of likely N-dealkylation sites (N-methyl/N-ethyl adjacent to an activating group) is 1. The monoisotopic (exact) mass is 550 g/mol. The van der Waals surface area contributed by atoms with E-state index in [1.807, 2.05) is 24.9 Å². The van der Waals surface area contributed by atoms with E-state index in [1.165, 1.54) is 16.4 Å². The van der Waals surface area contributed by atoms with Crippen molar-refractivity contribution in [3.8, 4) is 0 Å². The lowest BCUT2D eigenvalue weighted by Crippen LogP contribution is -2.47. The smallest absolute Gasteiger partial charge is 0.291 e. The molecule has 0 bridgehead atoms. The average Bonchev–Trinajstić information content (AvgIpc) is 3.30. The molecule has 3 aromatic rings. The fraction of sp³-hybridized carbons (Fsp3) is 0.318. The van der Waals surface area contributed by atoms with E-state index in [2.05, 4.69) is 20.2 Å². The minimum Gasteiger partial charge on any atom is -0.304 e. The van der Waals surface area contributed by atoms with Crippen molar-refractivity contribution >= 4 is 48.1 Å². The van der Waals surface area contributed by atoms with Gasteiger partial charge in [0, 0.05) is 31.7 Å². The third-order valence-electron chi connectivity index (χ3n) is 5.66. The molecule has 36 heavy (non-hydrogen) atoms. The number of aryl methyl sites for hydroxylation is 2. The lowest BCUT2D eigenvalue weighted by atomic mass is 10.1. The molecule has 14 heteroatoms. The molecular formula is C22H26N6O5S3. The molecule has 1 aliphatic rings. The van der Waals surface area contributed by atoms with Crippen molar-refractivity contribution < 1.29 is 21.6 Å². The number of amides is 1. The molecule has 2 heterocycles. The highest BCUT2D eigenvalue weighted by Gasteiger charge is 2.29. The van der Waals surface area contributed by atoms with Crippen LogP contribution in [0.3, 0.4) is 0 Å². The van der Waals surface area contributed by atoms with Gasteiger partial charge in [0.2, 0.25) is 15.2 Å². The van der Waals surface area contributed by atoms with Crippen molar-refractivity contribution in [2.45, 2.75) is 23.1 Å². The summed E-state index contributed by atoms with van der Waals surface area (Å²) in [5.74, 6) is -0.441. The molecule has 0 saturated carbocycles. The summed E-state index contributed by atoms with van der Waals surface area (Å²) in [6.45, 7) is 5.46. The number of sulfonamides is 2. The zero-order chi connectivity index (χ0) is 26.1. The van der Waals surface area contributed by atoms with Crippen molar-refractivity contribution in [1.82, 2.24) is 19.4 Å². The maximum Gasteiger partial charge on any atom is 0.291 e. The van der Waals surface area contributed by atoms with Crippen LogP contribution in [0.1, 0.15) is 21.5 Å². The third kappa shape index (κ3) is 5.73. The first-order valence-electron chi connectivity index (χ1n) is 11.0. The van der Waals surface area contributed by atoms with E-state index in [1.54, 1.807) is 31.2 Å². The van der Waals surface area contributed by atoms with Gasteiger partial charge in [-0.2, -0.15) is 12.7 Å². The Morgan fingerprint density at radius 3 is 2.39 bits per heavy atom. The molecular weight excluding hydrogens is 524 g/mol. The van der Waals surface area contributed by atoms with E-state index >= 15 is 0 Å². The fourth-order valence-electron chi connectivity index (χ4n) is 3.63. The van der Waals surface area contributed by atoms with Gasteiger partial charge in [-0.25, -0.2) is 8.42 Å². The zero-order valence-electron chi connectivity index (χ0n) is 19.9. The van der Waals surface area contributed by atoms with Crippen LogP contribution in [0, 0.1) is 13.8 Å². The molecule has 0 spiro atoms. The molecule has 0 atom stereocenters. The van der Waals surface area contributed by atoms with Gasteiger partial charge in [-0.3, -0.25) is 14.8 Å². The van der Waals surface area contributed by atoms with E-state index < -0.39 is 26.0 Å². The summed E-state index contributed by atoms with van der Waals surface area (Å²) in [4.78, 5) is 14.5. The van der Waals surface area contributed by atoms with Gasteiger partial charge in [-0.15, -0.1) is 10.2 Å². The maximum absolute atomic E-state index is 13.2. The Morgan fingerprint density at radius 2 is 1.69 bits per heavy atom. The van der Waals surface area contributed by atoms with Gasteiger partial charge >= 0.3 is 0 Å². The molecule has 1 saturated heterocycles. The predicted octanol–water partition coefficient (Wildman–Crippen LogP) is 2.14. The number of piperazine rings is 1. The molecule has 192 valence electrons. The number of nitrogens with one attached hydrogen (secondary N) is 2. The van der Waals surface area contributed by atoms with Crippen molar-refractivity contribution in [1.29, 1.82) is 0 Å². The van der Waals surface area contributed by atoms with Crippen LogP contribution in [0.2, 0.25) is 0 Å². The van der Waals surface area contributed by atoms with Gasteiger partial charge in [-0.05, 0) is 50.7 Å². The highest BCUT2D eigenvalue weighted by Crippen LogP contribution is 2.27. The molecule has 11 nitrogen and oxygen atoms in total. The summed E-state index contributed by atoms with van der Waals surface area (Å²) in [5, 5.41) is 10.0. The SMILES string of the molecule is Cc1cccc(C(=O)Nc2nnc(S(=O)(=O)Nc3ccc(C)c(S(=O)(=O)N4CCN(C)CC4)c3)s2)c1. The van der Waals surface area contributed by atoms with Crippen LogP contribution in [0.25, 0.3) is 0 Å². The van der Waals surface area contributed by atoms with Gasteiger partial charge in [0.15, 0.2) is 0 Å². The number of hydrogen-bond acceptors (Lipinski definition) is 9. The molecule has 1 amide bonds. The summed E-state index contributed by atoms with van der Waals surface area (Å²) in [6.07, 6.45) is 0. The largest absolute Gasteiger partial charge is 0.304 e. The first-order chi connectivity index (χ1) is 17.0. The number of anilines is 2. The van der Waals surface area contributed by atoms with E-state index in [9.17, 15) is 21.6 Å². The normalized spacial score (nSPS) is 15.5. The Hall–Kier alpha value is -2.91. The minimum atomic E-state index is -4.18. The second kappa shape index (κ2) is 10.2. The second-order valence-corrected chi connectivity index (χ2v) is 13.2. The topological polar surface area (TPSA) is 142 Å². The average molecular weight is 551 g/mol. The molecule has 1 aliphatic heterocycles. The van der Waals surface area contributed by atoms with Gasteiger partial charge < -0.3 is 4.90 Å². The Kier molecular flexibility index (Phi) is 7.43. The van der Waals surface area contributed by atoms with Crippen LogP contribution in [-0.4, -0.2) is 75.4 Å². The summed E-state index contributed by atoms with van der Waals surface area (Å²) < 4.78 is 55.7. The van der Waals surface area contributed by atoms with Gasteiger partial charge in [0.1, 0.15) is 0 Å². The minimum absolute atomic E-state index is 0.0177. The van der Waals surface area contributed by atoms with E-state index in [4.69, 9.17) is 0 Å². The summed E-state index contributed by atoms with van der Waals surface area (Å²) >= 11 is 0.686. The number of benzene rings is 2. The van der Waals surface area contributed by atoms with E-state index in [-0.39, 0.29) is 20.1 Å². The number of aromatic nitrogens is 2. The molecule has 2 N–H and O–H groups in total. The number of carbonyl (C=O) groups excluding carboxylic acids is 1. The van der Waals surface area contributed by atoms with Crippen molar-refractivity contribution in [2.24, 2.45) is 0 Å². The fourth-order valence-corrected chi connectivity index (χ4v) is 7.25. The number of rotatable bonds is 7. The van der Waals surface area contributed by atoms with Crippen LogP contribution >= 0.6 is 11.3 Å². The first-order valence-corrected chi connectivity index (χ1v) is 14.7. The molecule has 0 aliphatic carbocycles. The highest BCUT2D eigenvalue weighted by molar-refractivity contribution is 7.94. The second-order valence-electron chi connectivity index (χ2n) is 8.49. The number of hydrogen-bond donors (Lipinski definition) is 2. The van der Waals surface area contributed by atoms with Crippen molar-refractivity contribution in [3.05, 3.63) is 59.2 Å².